The van der Waals surface area contributed by atoms with Crippen molar-refractivity contribution < 1.29 is 9.53 Å². The lowest BCUT2D eigenvalue weighted by Crippen LogP contribution is -2.55. The molecule has 1 heterocycles. The Morgan fingerprint density at radius 2 is 2.25 bits per heavy atom. The number of amides is 1. The van der Waals surface area contributed by atoms with Crippen LogP contribution in [-0.2, 0) is 4.79 Å². The molecule has 1 fully saturated rings. The van der Waals surface area contributed by atoms with Gasteiger partial charge in [-0.3, -0.25) is 4.79 Å². The van der Waals surface area contributed by atoms with Gasteiger partial charge in [-0.15, -0.1) is 0 Å². The molecule has 2 rings (SSSR count). The predicted octanol–water partition coefficient (Wildman–Crippen LogP) is 1.77. The molecule has 5 heteroatoms. The quantitative estimate of drug-likeness (QED) is 0.823. The lowest BCUT2D eigenvalue weighted by molar-refractivity contribution is -0.123. The number of benzene rings is 1. The molecule has 1 aliphatic rings. The minimum absolute atomic E-state index is 0.0687. The Kier molecular flexibility index (Phi) is 4.37. The van der Waals surface area contributed by atoms with E-state index in [-0.39, 0.29) is 18.1 Å². The van der Waals surface area contributed by atoms with Gasteiger partial charge >= 0.3 is 0 Å². The van der Waals surface area contributed by atoms with E-state index < -0.39 is 0 Å². The Morgan fingerprint density at radius 1 is 1.50 bits per heavy atom. The first-order valence-electron chi connectivity index (χ1n) is 7.13. The SMILES string of the molecule is CCC1C(=O)NCCN1c1ccc(N)c(OC(C)C)c1. The number of piperazine rings is 1. The van der Waals surface area contributed by atoms with Crippen LogP contribution in [0.1, 0.15) is 27.2 Å². The third-order valence-corrected chi connectivity index (χ3v) is 3.41. The van der Waals surface area contributed by atoms with Crippen LogP contribution in [0.25, 0.3) is 0 Å². The van der Waals surface area contributed by atoms with Crippen LogP contribution in [0.15, 0.2) is 18.2 Å². The first kappa shape index (κ1) is 14.5. The van der Waals surface area contributed by atoms with Crippen LogP contribution < -0.4 is 20.7 Å². The Morgan fingerprint density at radius 3 is 2.90 bits per heavy atom. The maximum absolute atomic E-state index is 11.9. The van der Waals surface area contributed by atoms with Crippen LogP contribution in [0.5, 0.6) is 5.75 Å². The maximum Gasteiger partial charge on any atom is 0.242 e. The molecule has 0 aromatic heterocycles. The van der Waals surface area contributed by atoms with Crippen molar-refractivity contribution in [1.29, 1.82) is 0 Å². The van der Waals surface area contributed by atoms with Gasteiger partial charge in [0.1, 0.15) is 11.8 Å². The minimum Gasteiger partial charge on any atom is -0.489 e. The number of nitrogens with one attached hydrogen (secondary N) is 1. The second kappa shape index (κ2) is 6.03. The topological polar surface area (TPSA) is 67.6 Å². The predicted molar refractivity (Wildman–Crippen MR) is 81.1 cm³/mol. The molecule has 0 spiro atoms. The van der Waals surface area contributed by atoms with Crippen LogP contribution in [-0.4, -0.2) is 31.1 Å². The van der Waals surface area contributed by atoms with Gasteiger partial charge < -0.3 is 20.7 Å². The van der Waals surface area contributed by atoms with Crippen molar-refractivity contribution in [3.63, 3.8) is 0 Å². The van der Waals surface area contributed by atoms with Crippen LogP contribution in [0.4, 0.5) is 11.4 Å². The standard InChI is InChI=1S/C15H23N3O2/c1-4-13-15(19)17-7-8-18(13)11-5-6-12(16)14(9-11)20-10(2)3/h5-6,9-10,13H,4,7-8,16H2,1-3H3,(H,17,19). The van der Waals surface area contributed by atoms with Gasteiger partial charge in [-0.25, -0.2) is 0 Å². The highest BCUT2D eigenvalue weighted by molar-refractivity contribution is 5.86. The second-order valence-corrected chi connectivity index (χ2v) is 5.30. The summed E-state index contributed by atoms with van der Waals surface area (Å²) in [6, 6.07) is 5.59. The van der Waals surface area contributed by atoms with Crippen LogP contribution in [0.2, 0.25) is 0 Å². The number of nitrogens with two attached hydrogens (primary N) is 1. The number of nitrogens with zero attached hydrogens (tertiary/aromatic N) is 1. The van der Waals surface area contributed by atoms with Gasteiger partial charge in [0.2, 0.25) is 5.91 Å². The van der Waals surface area contributed by atoms with Gasteiger partial charge in [0.25, 0.3) is 0 Å². The fraction of sp³-hybridized carbons (Fsp3) is 0.533. The van der Waals surface area contributed by atoms with Crippen molar-refractivity contribution >= 4 is 17.3 Å². The molecule has 1 amide bonds. The molecule has 0 radical (unpaired) electrons. The average Bonchev–Trinajstić information content (AvgIpc) is 2.40. The largest absolute Gasteiger partial charge is 0.489 e. The number of nitrogen functional groups attached to an aromatic ring is 1. The molecule has 5 nitrogen and oxygen atoms in total. The van der Waals surface area contributed by atoms with Crippen molar-refractivity contribution in [1.82, 2.24) is 5.32 Å². The van der Waals surface area contributed by atoms with Crippen molar-refractivity contribution in [3.8, 4) is 5.75 Å². The summed E-state index contributed by atoms with van der Waals surface area (Å²) in [5, 5.41) is 2.90. The van der Waals surface area contributed by atoms with E-state index in [2.05, 4.69) is 10.2 Å². The molecule has 1 aliphatic heterocycles. The van der Waals surface area contributed by atoms with E-state index >= 15 is 0 Å². The maximum atomic E-state index is 11.9. The molecular formula is C15H23N3O2. The lowest BCUT2D eigenvalue weighted by atomic mass is 10.1. The Bertz CT molecular complexity index is 488. The molecular weight excluding hydrogens is 254 g/mol. The van der Waals surface area contributed by atoms with Gasteiger partial charge in [-0.2, -0.15) is 0 Å². The summed E-state index contributed by atoms with van der Waals surface area (Å²) < 4.78 is 5.72. The Labute approximate surface area is 120 Å². The zero-order valence-electron chi connectivity index (χ0n) is 12.3. The third kappa shape index (κ3) is 2.98. The fourth-order valence-corrected chi connectivity index (χ4v) is 2.49. The second-order valence-electron chi connectivity index (χ2n) is 5.30. The number of anilines is 2. The monoisotopic (exact) mass is 277 g/mol. The van der Waals surface area contributed by atoms with E-state index in [1.165, 1.54) is 0 Å². The summed E-state index contributed by atoms with van der Waals surface area (Å²) in [6.07, 6.45) is 0.843. The molecule has 1 aromatic carbocycles. The summed E-state index contributed by atoms with van der Waals surface area (Å²) in [5.74, 6) is 0.764. The van der Waals surface area contributed by atoms with E-state index in [4.69, 9.17) is 10.5 Å². The summed E-state index contributed by atoms with van der Waals surface area (Å²) in [7, 11) is 0. The number of ether oxygens (including phenoxy) is 1. The molecule has 1 atom stereocenters. The molecule has 0 aliphatic carbocycles. The van der Waals surface area contributed by atoms with Gasteiger partial charge in [-0.1, -0.05) is 6.92 Å². The Hall–Kier alpha value is -1.91. The smallest absolute Gasteiger partial charge is 0.242 e. The molecule has 3 N–H and O–H groups in total. The molecule has 1 aromatic rings. The molecule has 1 saturated heterocycles. The summed E-state index contributed by atoms with van der Waals surface area (Å²) >= 11 is 0. The molecule has 0 saturated carbocycles. The number of carbonyl (C=O) groups excluding carboxylic acids is 1. The number of hydrogen-bond donors (Lipinski definition) is 2. The van der Waals surface area contributed by atoms with E-state index in [1.54, 1.807) is 0 Å². The highest BCUT2D eigenvalue weighted by atomic mass is 16.5. The zero-order chi connectivity index (χ0) is 14.7. The zero-order valence-corrected chi connectivity index (χ0v) is 12.3. The third-order valence-electron chi connectivity index (χ3n) is 3.41. The number of hydrogen-bond acceptors (Lipinski definition) is 4. The van der Waals surface area contributed by atoms with Crippen LogP contribution in [0.3, 0.4) is 0 Å². The van der Waals surface area contributed by atoms with Gasteiger partial charge in [0, 0.05) is 24.8 Å². The summed E-state index contributed by atoms with van der Waals surface area (Å²) in [4.78, 5) is 14.0. The normalized spacial score (nSPS) is 19.1. The number of rotatable bonds is 4. The van der Waals surface area contributed by atoms with E-state index in [9.17, 15) is 4.79 Å². The highest BCUT2D eigenvalue weighted by Crippen LogP contribution is 2.30. The molecule has 0 bridgehead atoms. The van der Waals surface area contributed by atoms with Gasteiger partial charge in [-0.05, 0) is 32.4 Å². The van der Waals surface area contributed by atoms with Crippen molar-refractivity contribution in [2.75, 3.05) is 23.7 Å². The minimum atomic E-state index is -0.126. The van der Waals surface area contributed by atoms with Gasteiger partial charge in [0.05, 0.1) is 11.8 Å². The Balaban J connectivity index is 2.29. The molecule has 20 heavy (non-hydrogen) atoms. The van der Waals surface area contributed by atoms with Crippen molar-refractivity contribution in [2.45, 2.75) is 39.3 Å². The lowest BCUT2D eigenvalue weighted by Gasteiger charge is -2.36. The van der Waals surface area contributed by atoms with Crippen molar-refractivity contribution in [3.05, 3.63) is 18.2 Å². The van der Waals surface area contributed by atoms with Crippen LogP contribution in [0, 0.1) is 0 Å². The highest BCUT2D eigenvalue weighted by Gasteiger charge is 2.28. The van der Waals surface area contributed by atoms with Gasteiger partial charge in [0.15, 0.2) is 0 Å². The van der Waals surface area contributed by atoms with E-state index in [1.807, 2.05) is 39.0 Å². The van der Waals surface area contributed by atoms with E-state index in [0.717, 1.165) is 18.7 Å². The van der Waals surface area contributed by atoms with E-state index in [0.29, 0.717) is 18.0 Å². The summed E-state index contributed by atoms with van der Waals surface area (Å²) in [5.41, 5.74) is 7.54. The first-order valence-corrected chi connectivity index (χ1v) is 7.13. The molecule has 1 unspecified atom stereocenters. The summed E-state index contributed by atoms with van der Waals surface area (Å²) in [6.45, 7) is 7.42. The fourth-order valence-electron chi connectivity index (χ4n) is 2.49. The molecule has 110 valence electrons. The average molecular weight is 277 g/mol. The number of carbonyl (C=O) groups is 1. The van der Waals surface area contributed by atoms with Crippen molar-refractivity contribution in [2.24, 2.45) is 0 Å². The van der Waals surface area contributed by atoms with Crippen LogP contribution >= 0.6 is 0 Å². The first-order chi connectivity index (χ1) is 9.52.